The van der Waals surface area contributed by atoms with E-state index in [1.165, 1.54) is 30.1 Å². The van der Waals surface area contributed by atoms with Crippen molar-refractivity contribution in [3.05, 3.63) is 95.3 Å². The van der Waals surface area contributed by atoms with Gasteiger partial charge in [0.1, 0.15) is 0 Å². The molecular weight excluding hydrogens is 376 g/mol. The van der Waals surface area contributed by atoms with Gasteiger partial charge in [-0.25, -0.2) is 8.78 Å². The fourth-order valence-electron chi connectivity index (χ4n) is 2.71. The van der Waals surface area contributed by atoms with Crippen molar-refractivity contribution in [1.82, 2.24) is 10.3 Å². The molecule has 0 radical (unpaired) electrons. The van der Waals surface area contributed by atoms with Gasteiger partial charge in [-0.1, -0.05) is 30.3 Å². The van der Waals surface area contributed by atoms with Gasteiger partial charge in [-0.3, -0.25) is 14.6 Å². The Morgan fingerprint density at radius 2 is 1.59 bits per heavy atom. The second-order valence-electron chi connectivity index (χ2n) is 6.39. The van der Waals surface area contributed by atoms with Crippen molar-refractivity contribution >= 4 is 17.5 Å². The van der Waals surface area contributed by atoms with Crippen molar-refractivity contribution in [3.8, 4) is 0 Å². The van der Waals surface area contributed by atoms with E-state index in [2.05, 4.69) is 15.6 Å². The molecule has 0 aliphatic rings. The van der Waals surface area contributed by atoms with Crippen molar-refractivity contribution in [2.24, 2.45) is 0 Å². The molecule has 3 rings (SSSR count). The first-order valence-corrected chi connectivity index (χ1v) is 9.06. The van der Waals surface area contributed by atoms with Crippen LogP contribution in [0.3, 0.4) is 0 Å². The Labute approximate surface area is 166 Å². The lowest BCUT2D eigenvalue weighted by atomic mass is 10.1. The van der Waals surface area contributed by atoms with Crippen LogP contribution >= 0.6 is 0 Å². The van der Waals surface area contributed by atoms with Crippen molar-refractivity contribution < 1.29 is 18.4 Å². The van der Waals surface area contributed by atoms with Gasteiger partial charge < -0.3 is 10.6 Å². The van der Waals surface area contributed by atoms with E-state index in [1.807, 2.05) is 30.3 Å². The fourth-order valence-corrected chi connectivity index (χ4v) is 2.71. The lowest BCUT2D eigenvalue weighted by Gasteiger charge is -2.08. The maximum absolute atomic E-state index is 13.3. The highest BCUT2D eigenvalue weighted by Gasteiger charge is 2.12. The molecule has 0 aliphatic heterocycles. The number of aromatic nitrogens is 1. The van der Waals surface area contributed by atoms with Gasteiger partial charge in [-0.2, -0.15) is 0 Å². The van der Waals surface area contributed by atoms with E-state index in [4.69, 9.17) is 0 Å². The average Bonchev–Trinajstić information content (AvgIpc) is 2.74. The van der Waals surface area contributed by atoms with Gasteiger partial charge in [0.05, 0.1) is 11.1 Å². The zero-order valence-electron chi connectivity index (χ0n) is 15.5. The number of rotatable bonds is 7. The molecule has 0 atom stereocenters. The van der Waals surface area contributed by atoms with Crippen molar-refractivity contribution in [2.45, 2.75) is 12.8 Å². The molecule has 2 amide bonds. The summed E-state index contributed by atoms with van der Waals surface area (Å²) >= 11 is 0. The van der Waals surface area contributed by atoms with E-state index in [0.29, 0.717) is 6.54 Å². The first kappa shape index (κ1) is 20.1. The number of aryl methyl sites for hydroxylation is 1. The van der Waals surface area contributed by atoms with Crippen LogP contribution in [-0.4, -0.2) is 23.3 Å². The Kier molecular flexibility index (Phi) is 6.63. The number of nitrogens with one attached hydrogen (secondary N) is 2. The largest absolute Gasteiger partial charge is 0.352 e. The molecule has 0 unspecified atom stereocenters. The van der Waals surface area contributed by atoms with E-state index < -0.39 is 17.5 Å². The van der Waals surface area contributed by atoms with Crippen molar-refractivity contribution in [2.75, 3.05) is 11.9 Å². The number of carbonyl (C=O) groups excluding carboxylic acids is 2. The summed E-state index contributed by atoms with van der Waals surface area (Å²) in [6.45, 7) is 0.485. The lowest BCUT2D eigenvalue weighted by Crippen LogP contribution is -2.25. The summed E-state index contributed by atoms with van der Waals surface area (Å²) in [6, 6.07) is 14.4. The van der Waals surface area contributed by atoms with E-state index >= 15 is 0 Å². The van der Waals surface area contributed by atoms with Crippen LogP contribution in [0.25, 0.3) is 0 Å². The highest BCUT2D eigenvalue weighted by Crippen LogP contribution is 2.14. The quantitative estimate of drug-likeness (QED) is 0.595. The maximum Gasteiger partial charge on any atom is 0.257 e. The fraction of sp³-hybridized carbons (Fsp3) is 0.136. The number of carbonyl (C=O) groups is 2. The minimum absolute atomic E-state index is 0.102. The topological polar surface area (TPSA) is 71.1 Å². The molecule has 148 valence electrons. The third kappa shape index (κ3) is 5.68. The smallest absolute Gasteiger partial charge is 0.257 e. The van der Waals surface area contributed by atoms with Gasteiger partial charge in [0.25, 0.3) is 11.8 Å². The minimum Gasteiger partial charge on any atom is -0.352 e. The Morgan fingerprint density at radius 3 is 2.31 bits per heavy atom. The molecule has 0 spiro atoms. The Hall–Kier alpha value is -3.61. The number of halogens is 2. The number of nitrogens with zero attached hydrogens (tertiary/aromatic N) is 1. The first-order valence-electron chi connectivity index (χ1n) is 9.06. The van der Waals surface area contributed by atoms with Crippen molar-refractivity contribution in [1.29, 1.82) is 0 Å². The van der Waals surface area contributed by atoms with Crippen LogP contribution in [0.2, 0.25) is 0 Å². The zero-order valence-corrected chi connectivity index (χ0v) is 15.5. The van der Waals surface area contributed by atoms with Crippen LogP contribution in [0.15, 0.2) is 67.0 Å². The van der Waals surface area contributed by atoms with Gasteiger partial charge in [-0.05, 0) is 36.6 Å². The number of anilines is 1. The summed E-state index contributed by atoms with van der Waals surface area (Å²) in [6.07, 6.45) is 4.28. The summed E-state index contributed by atoms with van der Waals surface area (Å²) in [5.74, 6) is -2.99. The first-order chi connectivity index (χ1) is 14.0. The second kappa shape index (κ2) is 9.54. The number of benzene rings is 2. The molecule has 7 heteroatoms. The zero-order chi connectivity index (χ0) is 20.6. The number of amides is 2. The van der Waals surface area contributed by atoms with Gasteiger partial charge in [0.15, 0.2) is 11.6 Å². The van der Waals surface area contributed by atoms with Crippen LogP contribution in [-0.2, 0) is 6.42 Å². The molecule has 29 heavy (non-hydrogen) atoms. The highest BCUT2D eigenvalue weighted by atomic mass is 19.2. The average molecular weight is 395 g/mol. The predicted molar refractivity (Wildman–Crippen MR) is 106 cm³/mol. The van der Waals surface area contributed by atoms with Gasteiger partial charge >= 0.3 is 0 Å². The Balaban J connectivity index is 1.55. The SMILES string of the molecule is O=C(NCCCc1ccccc1)c1cncc(C(=O)Nc2ccc(F)c(F)c2)c1. The molecule has 0 aliphatic carbocycles. The molecule has 0 saturated heterocycles. The number of hydrogen-bond donors (Lipinski definition) is 2. The standard InChI is InChI=1S/C22H19F2N3O2/c23-19-9-8-18(12-20(19)24)27-22(29)17-11-16(13-25-14-17)21(28)26-10-4-7-15-5-2-1-3-6-15/h1-3,5-6,8-9,11-14H,4,7,10H2,(H,26,28)(H,27,29). The van der Waals surface area contributed by atoms with Crippen LogP contribution in [0.1, 0.15) is 32.7 Å². The van der Waals surface area contributed by atoms with E-state index in [0.717, 1.165) is 25.0 Å². The third-order valence-electron chi connectivity index (χ3n) is 4.21. The van der Waals surface area contributed by atoms with E-state index in [-0.39, 0.29) is 22.7 Å². The molecule has 1 heterocycles. The van der Waals surface area contributed by atoms with Gasteiger partial charge in [0, 0.05) is 30.7 Å². The molecule has 0 saturated carbocycles. The van der Waals surface area contributed by atoms with Crippen LogP contribution in [0, 0.1) is 11.6 Å². The summed E-state index contributed by atoms with van der Waals surface area (Å²) in [5, 5.41) is 5.24. The molecule has 2 aromatic carbocycles. The monoisotopic (exact) mass is 395 g/mol. The molecule has 3 aromatic rings. The molecule has 1 aromatic heterocycles. The van der Waals surface area contributed by atoms with E-state index in [9.17, 15) is 18.4 Å². The molecular formula is C22H19F2N3O2. The van der Waals surface area contributed by atoms with Crippen LogP contribution in [0.5, 0.6) is 0 Å². The number of pyridine rings is 1. The maximum atomic E-state index is 13.3. The summed E-state index contributed by atoms with van der Waals surface area (Å²) in [7, 11) is 0. The summed E-state index contributed by atoms with van der Waals surface area (Å²) in [4.78, 5) is 28.5. The highest BCUT2D eigenvalue weighted by molar-refractivity contribution is 6.05. The summed E-state index contributed by atoms with van der Waals surface area (Å²) < 4.78 is 26.2. The second-order valence-corrected chi connectivity index (χ2v) is 6.39. The molecule has 0 bridgehead atoms. The third-order valence-corrected chi connectivity index (χ3v) is 4.21. The van der Waals surface area contributed by atoms with Gasteiger partial charge in [-0.15, -0.1) is 0 Å². The Bertz CT molecular complexity index is 1010. The van der Waals surface area contributed by atoms with Gasteiger partial charge in [0.2, 0.25) is 0 Å². The van der Waals surface area contributed by atoms with Crippen LogP contribution in [0.4, 0.5) is 14.5 Å². The minimum atomic E-state index is -1.07. The molecule has 5 nitrogen and oxygen atoms in total. The Morgan fingerprint density at radius 1 is 0.862 bits per heavy atom. The lowest BCUT2D eigenvalue weighted by molar-refractivity contribution is 0.0953. The molecule has 2 N–H and O–H groups in total. The molecule has 0 fully saturated rings. The van der Waals surface area contributed by atoms with E-state index in [1.54, 1.807) is 0 Å². The van der Waals surface area contributed by atoms with Crippen LogP contribution < -0.4 is 10.6 Å². The predicted octanol–water partition coefficient (Wildman–Crippen LogP) is 3.97. The number of hydrogen-bond acceptors (Lipinski definition) is 3. The van der Waals surface area contributed by atoms with Crippen molar-refractivity contribution in [3.63, 3.8) is 0 Å². The summed E-state index contributed by atoms with van der Waals surface area (Å²) in [5.41, 5.74) is 1.67. The normalized spacial score (nSPS) is 10.4.